The molecule has 2 aromatic carbocycles. The van der Waals surface area contributed by atoms with Gasteiger partial charge < -0.3 is 10.6 Å². The van der Waals surface area contributed by atoms with Gasteiger partial charge in [0.2, 0.25) is 5.95 Å². The molecule has 0 radical (unpaired) electrons. The van der Waals surface area contributed by atoms with E-state index in [1.807, 2.05) is 37.3 Å². The molecule has 0 fully saturated rings. The molecule has 5 heteroatoms. The number of hydrogen-bond acceptors (Lipinski definition) is 5. The molecule has 0 saturated heterocycles. The van der Waals surface area contributed by atoms with Crippen molar-refractivity contribution in [2.45, 2.75) is 33.1 Å². The lowest BCUT2D eigenvalue weighted by Gasteiger charge is -2.23. The normalized spacial score (nSPS) is 11.4. The van der Waals surface area contributed by atoms with Crippen molar-refractivity contribution in [2.75, 3.05) is 10.6 Å². The van der Waals surface area contributed by atoms with Gasteiger partial charge in [0.15, 0.2) is 0 Å². The van der Waals surface area contributed by atoms with E-state index in [0.29, 0.717) is 5.95 Å². The molecule has 2 heterocycles. The van der Waals surface area contributed by atoms with Crippen LogP contribution in [-0.4, -0.2) is 15.0 Å². The second-order valence-electron chi connectivity index (χ2n) is 8.14. The summed E-state index contributed by atoms with van der Waals surface area (Å²) in [7, 11) is 0. The SMILES string of the molecule is Cc1cc(Nc2cccc3cccnc23)nc(Nc2ccccc2C(C)(C)C)n1. The molecule has 29 heavy (non-hydrogen) atoms. The van der Waals surface area contributed by atoms with E-state index < -0.39 is 0 Å². The van der Waals surface area contributed by atoms with Crippen molar-refractivity contribution in [3.8, 4) is 0 Å². The first-order valence-corrected chi connectivity index (χ1v) is 9.73. The number of benzene rings is 2. The summed E-state index contributed by atoms with van der Waals surface area (Å²) in [6.07, 6.45) is 1.80. The van der Waals surface area contributed by atoms with Crippen LogP contribution in [0.3, 0.4) is 0 Å². The molecule has 146 valence electrons. The number of nitrogens with zero attached hydrogens (tertiary/aromatic N) is 3. The molecule has 0 unspecified atom stereocenters. The van der Waals surface area contributed by atoms with Crippen LogP contribution >= 0.6 is 0 Å². The van der Waals surface area contributed by atoms with Gasteiger partial charge in [-0.3, -0.25) is 4.98 Å². The number of fused-ring (bicyclic) bond motifs is 1. The third kappa shape index (κ3) is 4.19. The Morgan fingerprint density at radius 1 is 0.793 bits per heavy atom. The monoisotopic (exact) mass is 383 g/mol. The average molecular weight is 383 g/mol. The topological polar surface area (TPSA) is 62.7 Å². The summed E-state index contributed by atoms with van der Waals surface area (Å²) in [6, 6.07) is 20.3. The summed E-state index contributed by atoms with van der Waals surface area (Å²) in [5.41, 5.74) is 4.97. The highest BCUT2D eigenvalue weighted by atomic mass is 15.1. The van der Waals surface area contributed by atoms with Crippen LogP contribution in [0.5, 0.6) is 0 Å². The molecule has 0 amide bonds. The number of rotatable bonds is 4. The summed E-state index contributed by atoms with van der Waals surface area (Å²) in [4.78, 5) is 13.8. The van der Waals surface area contributed by atoms with E-state index in [0.717, 1.165) is 33.8 Å². The van der Waals surface area contributed by atoms with E-state index in [2.05, 4.69) is 71.7 Å². The first-order chi connectivity index (χ1) is 13.9. The Labute approximate surface area is 171 Å². The van der Waals surface area contributed by atoms with Crippen molar-refractivity contribution in [3.05, 3.63) is 78.1 Å². The van der Waals surface area contributed by atoms with E-state index in [9.17, 15) is 0 Å². The van der Waals surface area contributed by atoms with Gasteiger partial charge >= 0.3 is 0 Å². The highest BCUT2D eigenvalue weighted by Gasteiger charge is 2.18. The van der Waals surface area contributed by atoms with Gasteiger partial charge in [0.05, 0.1) is 11.2 Å². The lowest BCUT2D eigenvalue weighted by Crippen LogP contribution is -2.14. The van der Waals surface area contributed by atoms with Crippen LogP contribution in [-0.2, 0) is 5.41 Å². The van der Waals surface area contributed by atoms with E-state index in [1.54, 1.807) is 6.20 Å². The molecule has 4 aromatic rings. The Kier molecular flexibility index (Phi) is 4.89. The first-order valence-electron chi connectivity index (χ1n) is 9.73. The Hall–Kier alpha value is -3.47. The highest BCUT2D eigenvalue weighted by molar-refractivity contribution is 5.91. The lowest BCUT2D eigenvalue weighted by molar-refractivity contribution is 0.592. The number of nitrogens with one attached hydrogen (secondary N) is 2. The van der Waals surface area contributed by atoms with Crippen molar-refractivity contribution in [1.82, 2.24) is 15.0 Å². The zero-order valence-corrected chi connectivity index (χ0v) is 17.2. The average Bonchev–Trinajstić information content (AvgIpc) is 2.67. The Morgan fingerprint density at radius 3 is 2.38 bits per heavy atom. The number of pyridine rings is 1. The van der Waals surface area contributed by atoms with Gasteiger partial charge in [-0.05, 0) is 36.1 Å². The molecule has 0 spiro atoms. The van der Waals surface area contributed by atoms with Crippen LogP contribution < -0.4 is 10.6 Å². The van der Waals surface area contributed by atoms with Crippen molar-refractivity contribution in [2.24, 2.45) is 0 Å². The van der Waals surface area contributed by atoms with E-state index in [4.69, 9.17) is 4.98 Å². The lowest BCUT2D eigenvalue weighted by atomic mass is 9.86. The molecule has 0 saturated carbocycles. The number of para-hydroxylation sites is 2. The maximum Gasteiger partial charge on any atom is 0.229 e. The zero-order chi connectivity index (χ0) is 20.4. The fourth-order valence-electron chi connectivity index (χ4n) is 3.40. The fourth-order valence-corrected chi connectivity index (χ4v) is 3.40. The Morgan fingerprint density at radius 2 is 1.55 bits per heavy atom. The molecular weight excluding hydrogens is 358 g/mol. The van der Waals surface area contributed by atoms with Gasteiger partial charge in [-0.1, -0.05) is 57.2 Å². The van der Waals surface area contributed by atoms with Gasteiger partial charge in [0.1, 0.15) is 5.82 Å². The van der Waals surface area contributed by atoms with Crippen LogP contribution in [0, 0.1) is 6.92 Å². The van der Waals surface area contributed by atoms with E-state index in [1.165, 1.54) is 5.56 Å². The van der Waals surface area contributed by atoms with Crippen LogP contribution in [0.1, 0.15) is 32.0 Å². The van der Waals surface area contributed by atoms with Gasteiger partial charge in [0.25, 0.3) is 0 Å². The zero-order valence-electron chi connectivity index (χ0n) is 17.2. The quantitative estimate of drug-likeness (QED) is 0.445. The molecule has 0 aliphatic carbocycles. The fraction of sp³-hybridized carbons (Fsp3) is 0.208. The van der Waals surface area contributed by atoms with E-state index >= 15 is 0 Å². The van der Waals surface area contributed by atoms with Gasteiger partial charge in [0, 0.05) is 29.0 Å². The molecule has 5 nitrogen and oxygen atoms in total. The first kappa shape index (κ1) is 18.9. The summed E-state index contributed by atoms with van der Waals surface area (Å²) in [5, 5.41) is 7.89. The summed E-state index contributed by atoms with van der Waals surface area (Å²) in [5.74, 6) is 1.30. The molecular formula is C24H25N5. The third-order valence-corrected chi connectivity index (χ3v) is 4.73. The molecule has 0 atom stereocenters. The molecule has 2 aromatic heterocycles. The molecule has 0 aliphatic rings. The van der Waals surface area contributed by atoms with Crippen molar-refractivity contribution >= 4 is 34.0 Å². The predicted molar refractivity (Wildman–Crippen MR) is 120 cm³/mol. The summed E-state index contributed by atoms with van der Waals surface area (Å²) < 4.78 is 0. The van der Waals surface area contributed by atoms with Crippen LogP contribution in [0.25, 0.3) is 10.9 Å². The number of aryl methyl sites for hydroxylation is 1. The van der Waals surface area contributed by atoms with Crippen LogP contribution in [0.15, 0.2) is 66.9 Å². The van der Waals surface area contributed by atoms with Crippen molar-refractivity contribution < 1.29 is 0 Å². The minimum Gasteiger partial charge on any atom is -0.338 e. The maximum absolute atomic E-state index is 4.69. The molecule has 2 N–H and O–H groups in total. The number of anilines is 4. The predicted octanol–water partition coefficient (Wildman–Crippen LogP) is 6.12. The molecule has 0 aliphatic heterocycles. The minimum atomic E-state index is 0.0170. The molecule has 0 bridgehead atoms. The summed E-state index contributed by atoms with van der Waals surface area (Å²) in [6.45, 7) is 8.57. The second kappa shape index (κ2) is 7.51. The van der Waals surface area contributed by atoms with Gasteiger partial charge in [-0.2, -0.15) is 4.98 Å². The highest BCUT2D eigenvalue weighted by Crippen LogP contribution is 2.31. The van der Waals surface area contributed by atoms with E-state index in [-0.39, 0.29) is 5.41 Å². The van der Waals surface area contributed by atoms with Gasteiger partial charge in [-0.15, -0.1) is 0 Å². The second-order valence-corrected chi connectivity index (χ2v) is 8.14. The summed E-state index contributed by atoms with van der Waals surface area (Å²) >= 11 is 0. The third-order valence-electron chi connectivity index (χ3n) is 4.73. The number of aromatic nitrogens is 3. The molecule has 4 rings (SSSR count). The van der Waals surface area contributed by atoms with Gasteiger partial charge in [-0.25, -0.2) is 4.98 Å². The van der Waals surface area contributed by atoms with Crippen molar-refractivity contribution in [3.63, 3.8) is 0 Å². The minimum absolute atomic E-state index is 0.0170. The Bertz CT molecular complexity index is 1160. The maximum atomic E-state index is 4.69. The van der Waals surface area contributed by atoms with Crippen LogP contribution in [0.4, 0.5) is 23.1 Å². The standard InChI is InChI=1S/C24H25N5/c1-16-15-21(27-20-13-7-9-17-10-8-14-25-22(17)20)29-23(26-16)28-19-12-6-5-11-18(19)24(2,3)4/h5-15H,1-4H3,(H2,26,27,28,29). The smallest absolute Gasteiger partial charge is 0.229 e. The van der Waals surface area contributed by atoms with Crippen LogP contribution in [0.2, 0.25) is 0 Å². The number of hydrogen-bond donors (Lipinski definition) is 2. The largest absolute Gasteiger partial charge is 0.338 e. The Balaban J connectivity index is 1.67. The van der Waals surface area contributed by atoms with Crippen molar-refractivity contribution in [1.29, 1.82) is 0 Å².